The fraction of sp³-hybridized carbons (Fsp3) is 0.294. The molecule has 1 aliphatic rings. The van der Waals surface area contributed by atoms with Crippen molar-refractivity contribution in [3.05, 3.63) is 51.7 Å². The number of carbonyl (C=O) groups excluding carboxylic acids is 2. The SMILES string of the molecule is Cc1ccc(C(=O)NCC(=O)NC2CCOc3ccccc32)s1. The summed E-state index contributed by atoms with van der Waals surface area (Å²) in [6, 6.07) is 11.3. The minimum Gasteiger partial charge on any atom is -0.493 e. The van der Waals surface area contributed by atoms with Crippen LogP contribution in [-0.4, -0.2) is 25.0 Å². The predicted octanol–water partition coefficient (Wildman–Crippen LogP) is 2.43. The molecule has 1 aromatic carbocycles. The van der Waals surface area contributed by atoms with Gasteiger partial charge in [-0.2, -0.15) is 0 Å². The molecule has 120 valence electrons. The van der Waals surface area contributed by atoms with E-state index in [1.165, 1.54) is 11.3 Å². The maximum absolute atomic E-state index is 12.1. The maximum atomic E-state index is 12.1. The number of rotatable bonds is 4. The van der Waals surface area contributed by atoms with Crippen LogP contribution in [0.1, 0.15) is 32.6 Å². The first-order chi connectivity index (χ1) is 11.1. The van der Waals surface area contributed by atoms with Gasteiger partial charge in [0, 0.05) is 16.9 Å². The summed E-state index contributed by atoms with van der Waals surface area (Å²) in [4.78, 5) is 25.7. The van der Waals surface area contributed by atoms with E-state index >= 15 is 0 Å². The van der Waals surface area contributed by atoms with Gasteiger partial charge in [0.05, 0.1) is 24.1 Å². The number of amides is 2. The summed E-state index contributed by atoms with van der Waals surface area (Å²) in [7, 11) is 0. The third kappa shape index (κ3) is 3.71. The number of hydrogen-bond acceptors (Lipinski definition) is 4. The van der Waals surface area contributed by atoms with Crippen LogP contribution in [0.5, 0.6) is 5.75 Å². The molecule has 6 heteroatoms. The molecule has 1 aromatic heterocycles. The smallest absolute Gasteiger partial charge is 0.261 e. The lowest BCUT2D eigenvalue weighted by molar-refractivity contribution is -0.121. The Balaban J connectivity index is 1.55. The van der Waals surface area contributed by atoms with Crippen molar-refractivity contribution in [2.24, 2.45) is 0 Å². The average Bonchev–Trinajstić information content (AvgIpc) is 2.99. The Morgan fingerprint density at radius 3 is 2.87 bits per heavy atom. The van der Waals surface area contributed by atoms with Gasteiger partial charge in [0.1, 0.15) is 5.75 Å². The molecule has 2 aromatic rings. The highest BCUT2D eigenvalue weighted by Crippen LogP contribution is 2.31. The van der Waals surface area contributed by atoms with E-state index in [0.29, 0.717) is 11.5 Å². The number of thiophene rings is 1. The van der Waals surface area contributed by atoms with Crippen molar-refractivity contribution in [1.82, 2.24) is 10.6 Å². The molecule has 2 N–H and O–H groups in total. The fourth-order valence-corrected chi connectivity index (χ4v) is 3.33. The third-order valence-electron chi connectivity index (χ3n) is 3.67. The van der Waals surface area contributed by atoms with Gasteiger partial charge >= 0.3 is 0 Å². The maximum Gasteiger partial charge on any atom is 0.261 e. The zero-order chi connectivity index (χ0) is 16.2. The van der Waals surface area contributed by atoms with Crippen LogP contribution in [0.3, 0.4) is 0 Å². The first kappa shape index (κ1) is 15.6. The highest BCUT2D eigenvalue weighted by molar-refractivity contribution is 7.13. The van der Waals surface area contributed by atoms with Gasteiger partial charge in [-0.05, 0) is 25.1 Å². The van der Waals surface area contributed by atoms with E-state index in [2.05, 4.69) is 10.6 Å². The van der Waals surface area contributed by atoms with Crippen LogP contribution in [0.2, 0.25) is 0 Å². The van der Waals surface area contributed by atoms with Crippen LogP contribution < -0.4 is 15.4 Å². The van der Waals surface area contributed by atoms with E-state index in [-0.39, 0.29) is 24.4 Å². The van der Waals surface area contributed by atoms with Crippen LogP contribution in [-0.2, 0) is 4.79 Å². The van der Waals surface area contributed by atoms with Crippen LogP contribution in [0.25, 0.3) is 0 Å². The van der Waals surface area contributed by atoms with E-state index in [9.17, 15) is 9.59 Å². The normalized spacial score (nSPS) is 16.1. The average molecular weight is 330 g/mol. The lowest BCUT2D eigenvalue weighted by Crippen LogP contribution is -2.39. The lowest BCUT2D eigenvalue weighted by Gasteiger charge is -2.26. The second-order valence-electron chi connectivity index (χ2n) is 5.39. The Kier molecular flexibility index (Phi) is 4.62. The molecule has 23 heavy (non-hydrogen) atoms. The lowest BCUT2D eigenvalue weighted by atomic mass is 10.0. The summed E-state index contributed by atoms with van der Waals surface area (Å²) >= 11 is 1.41. The van der Waals surface area contributed by atoms with Crippen molar-refractivity contribution >= 4 is 23.2 Å². The van der Waals surface area contributed by atoms with Crippen molar-refractivity contribution < 1.29 is 14.3 Å². The molecule has 1 aliphatic heterocycles. The Bertz CT molecular complexity index is 726. The van der Waals surface area contributed by atoms with Crippen LogP contribution >= 0.6 is 11.3 Å². The molecule has 2 amide bonds. The van der Waals surface area contributed by atoms with E-state index in [0.717, 1.165) is 22.6 Å². The summed E-state index contributed by atoms with van der Waals surface area (Å²) < 4.78 is 5.57. The number of carbonyl (C=O) groups is 2. The van der Waals surface area contributed by atoms with E-state index in [1.807, 2.05) is 37.3 Å². The van der Waals surface area contributed by atoms with Crippen molar-refractivity contribution in [2.75, 3.05) is 13.2 Å². The van der Waals surface area contributed by atoms with Crippen LogP contribution in [0.4, 0.5) is 0 Å². The number of aryl methyl sites for hydroxylation is 1. The number of ether oxygens (including phenoxy) is 1. The van der Waals surface area contributed by atoms with Gasteiger partial charge < -0.3 is 15.4 Å². The highest BCUT2D eigenvalue weighted by Gasteiger charge is 2.22. The minimum atomic E-state index is -0.217. The molecule has 1 atom stereocenters. The van der Waals surface area contributed by atoms with Crippen molar-refractivity contribution in [1.29, 1.82) is 0 Å². The second kappa shape index (κ2) is 6.83. The van der Waals surface area contributed by atoms with Gasteiger partial charge in [-0.3, -0.25) is 9.59 Å². The first-order valence-electron chi connectivity index (χ1n) is 7.49. The van der Waals surface area contributed by atoms with Gasteiger partial charge in [-0.15, -0.1) is 11.3 Å². The molecule has 0 aliphatic carbocycles. The predicted molar refractivity (Wildman–Crippen MR) is 88.8 cm³/mol. The molecule has 0 radical (unpaired) electrons. The quantitative estimate of drug-likeness (QED) is 0.905. The molecule has 0 bridgehead atoms. The van der Waals surface area contributed by atoms with Gasteiger partial charge in [0.15, 0.2) is 0 Å². The molecule has 0 saturated heterocycles. The monoisotopic (exact) mass is 330 g/mol. The largest absolute Gasteiger partial charge is 0.493 e. The number of para-hydroxylation sites is 1. The van der Waals surface area contributed by atoms with E-state index in [1.54, 1.807) is 6.07 Å². The molecule has 2 heterocycles. The number of nitrogens with one attached hydrogen (secondary N) is 2. The van der Waals surface area contributed by atoms with E-state index < -0.39 is 0 Å². The summed E-state index contributed by atoms with van der Waals surface area (Å²) in [5, 5.41) is 5.61. The van der Waals surface area contributed by atoms with Crippen LogP contribution in [0.15, 0.2) is 36.4 Å². The Labute approximate surface area is 138 Å². The summed E-state index contributed by atoms with van der Waals surface area (Å²) in [6.45, 7) is 2.48. The molecule has 0 spiro atoms. The van der Waals surface area contributed by atoms with Gasteiger partial charge in [-0.1, -0.05) is 18.2 Å². The van der Waals surface area contributed by atoms with Crippen molar-refractivity contribution in [3.8, 4) is 5.75 Å². The van der Waals surface area contributed by atoms with Gasteiger partial charge in [0.2, 0.25) is 5.91 Å². The molecular formula is C17H18N2O3S. The molecule has 1 unspecified atom stereocenters. The standard InChI is InChI=1S/C17H18N2O3S/c1-11-6-7-15(23-11)17(21)18-10-16(20)19-13-8-9-22-14-5-3-2-4-12(13)14/h2-7,13H,8-10H2,1H3,(H,18,21)(H,19,20). The molecule has 3 rings (SSSR count). The van der Waals surface area contributed by atoms with Gasteiger partial charge in [-0.25, -0.2) is 0 Å². The van der Waals surface area contributed by atoms with E-state index in [4.69, 9.17) is 4.74 Å². The summed E-state index contributed by atoms with van der Waals surface area (Å²) in [5.74, 6) is 0.390. The molecular weight excluding hydrogens is 312 g/mol. The van der Waals surface area contributed by atoms with Crippen molar-refractivity contribution in [3.63, 3.8) is 0 Å². The highest BCUT2D eigenvalue weighted by atomic mass is 32.1. The fourth-order valence-electron chi connectivity index (χ4n) is 2.54. The number of hydrogen-bond donors (Lipinski definition) is 2. The Morgan fingerprint density at radius 2 is 2.09 bits per heavy atom. The molecule has 0 fully saturated rings. The molecule has 5 nitrogen and oxygen atoms in total. The van der Waals surface area contributed by atoms with Crippen LogP contribution in [0, 0.1) is 6.92 Å². The number of fused-ring (bicyclic) bond motifs is 1. The topological polar surface area (TPSA) is 67.4 Å². The second-order valence-corrected chi connectivity index (χ2v) is 6.68. The third-order valence-corrected chi connectivity index (χ3v) is 4.67. The number of benzene rings is 1. The summed E-state index contributed by atoms with van der Waals surface area (Å²) in [5.41, 5.74) is 0.979. The zero-order valence-corrected chi connectivity index (χ0v) is 13.6. The first-order valence-corrected chi connectivity index (χ1v) is 8.31. The summed E-state index contributed by atoms with van der Waals surface area (Å²) in [6.07, 6.45) is 0.723. The Morgan fingerprint density at radius 1 is 1.26 bits per heavy atom. The Hall–Kier alpha value is -2.34. The molecule has 0 saturated carbocycles. The zero-order valence-electron chi connectivity index (χ0n) is 12.8. The van der Waals surface area contributed by atoms with Gasteiger partial charge in [0.25, 0.3) is 5.91 Å². The van der Waals surface area contributed by atoms with Crippen molar-refractivity contribution in [2.45, 2.75) is 19.4 Å². The minimum absolute atomic E-state index is 0.0324.